The number of rotatable bonds is 8. The zero-order valence-electron chi connectivity index (χ0n) is 19.5. The van der Waals surface area contributed by atoms with E-state index in [1.165, 1.54) is 42.5 Å². The lowest BCUT2D eigenvalue weighted by atomic mass is 10.1. The van der Waals surface area contributed by atoms with Crippen LogP contribution in [-0.2, 0) is 20.0 Å². The normalized spacial score (nSPS) is 11.5. The van der Waals surface area contributed by atoms with Crippen molar-refractivity contribution < 1.29 is 21.6 Å². The van der Waals surface area contributed by atoms with Gasteiger partial charge in [0.2, 0.25) is 0 Å². The lowest BCUT2D eigenvalue weighted by molar-refractivity contribution is 0.102. The summed E-state index contributed by atoms with van der Waals surface area (Å²) < 4.78 is 55.7. The third-order valence-electron chi connectivity index (χ3n) is 5.32. The van der Waals surface area contributed by atoms with Crippen molar-refractivity contribution >= 4 is 54.6 Å². The lowest BCUT2D eigenvalue weighted by Gasteiger charge is -2.13. The maximum atomic E-state index is 12.8. The zero-order chi connectivity index (χ0) is 26.6. The van der Waals surface area contributed by atoms with Gasteiger partial charge in [0.25, 0.3) is 26.0 Å². The van der Waals surface area contributed by atoms with Crippen LogP contribution >= 0.6 is 11.6 Å². The quantitative estimate of drug-likeness (QED) is 0.265. The molecule has 0 aliphatic carbocycles. The van der Waals surface area contributed by atoms with E-state index in [1.807, 2.05) is 0 Å². The molecule has 1 amide bonds. The van der Waals surface area contributed by atoms with Gasteiger partial charge in [0.05, 0.1) is 15.5 Å². The van der Waals surface area contributed by atoms with Gasteiger partial charge in [-0.05, 0) is 85.3 Å². The van der Waals surface area contributed by atoms with Gasteiger partial charge < -0.3 is 5.32 Å². The highest BCUT2D eigenvalue weighted by Crippen LogP contribution is 2.23. The van der Waals surface area contributed by atoms with Gasteiger partial charge in [-0.3, -0.25) is 14.2 Å². The topological polar surface area (TPSA) is 121 Å². The van der Waals surface area contributed by atoms with Crippen molar-refractivity contribution in [3.05, 3.63) is 113 Å². The molecule has 0 unspecified atom stereocenters. The summed E-state index contributed by atoms with van der Waals surface area (Å²) in [5.41, 5.74) is 1.85. The van der Waals surface area contributed by atoms with Crippen LogP contribution in [0.3, 0.4) is 0 Å². The standard InChI is InChI=1S/C26H22ClN3O5S2/c1-18-7-8-19(17-25(18)30-37(34,35)23-5-3-2-4-6-23)26(31)28-21-13-15-24(16-14-21)36(32,33)29-22-11-9-20(27)10-12-22/h2-17,29-30H,1H3,(H,28,31). The summed E-state index contributed by atoms with van der Waals surface area (Å²) in [5, 5.41) is 3.17. The number of nitrogens with one attached hydrogen (secondary N) is 3. The molecule has 0 heterocycles. The monoisotopic (exact) mass is 555 g/mol. The summed E-state index contributed by atoms with van der Waals surface area (Å²) in [5.74, 6) is -0.491. The number of benzene rings is 4. The predicted octanol–water partition coefficient (Wildman–Crippen LogP) is 5.50. The summed E-state index contributed by atoms with van der Waals surface area (Å²) in [6, 6.07) is 24.4. The molecule has 4 aromatic carbocycles. The second-order valence-electron chi connectivity index (χ2n) is 8.04. The second-order valence-corrected chi connectivity index (χ2v) is 11.8. The molecule has 0 radical (unpaired) electrons. The van der Waals surface area contributed by atoms with E-state index < -0.39 is 26.0 Å². The SMILES string of the molecule is Cc1ccc(C(=O)Nc2ccc(S(=O)(=O)Nc3ccc(Cl)cc3)cc2)cc1NS(=O)(=O)c1ccccc1. The molecular weight excluding hydrogens is 534 g/mol. The third-order valence-corrected chi connectivity index (χ3v) is 8.35. The number of carbonyl (C=O) groups excluding carboxylic acids is 1. The largest absolute Gasteiger partial charge is 0.322 e. The van der Waals surface area contributed by atoms with Crippen LogP contribution in [0.2, 0.25) is 5.02 Å². The van der Waals surface area contributed by atoms with Crippen LogP contribution in [0.1, 0.15) is 15.9 Å². The molecule has 11 heteroatoms. The van der Waals surface area contributed by atoms with E-state index in [0.29, 0.717) is 22.0 Å². The summed E-state index contributed by atoms with van der Waals surface area (Å²) in [6.45, 7) is 1.72. The van der Waals surface area contributed by atoms with E-state index in [2.05, 4.69) is 14.8 Å². The summed E-state index contributed by atoms with van der Waals surface area (Å²) in [4.78, 5) is 12.9. The van der Waals surface area contributed by atoms with Crippen molar-refractivity contribution in [2.24, 2.45) is 0 Å². The first-order chi connectivity index (χ1) is 17.5. The number of sulfonamides is 2. The molecule has 37 heavy (non-hydrogen) atoms. The maximum Gasteiger partial charge on any atom is 0.261 e. The fourth-order valence-electron chi connectivity index (χ4n) is 3.33. The van der Waals surface area contributed by atoms with Crippen LogP contribution in [0.15, 0.2) is 107 Å². The smallest absolute Gasteiger partial charge is 0.261 e. The van der Waals surface area contributed by atoms with Crippen molar-refractivity contribution in [1.82, 2.24) is 0 Å². The Morgan fingerprint density at radius 1 is 0.676 bits per heavy atom. The minimum Gasteiger partial charge on any atom is -0.322 e. The number of hydrogen-bond donors (Lipinski definition) is 3. The van der Waals surface area contributed by atoms with Crippen LogP contribution < -0.4 is 14.8 Å². The summed E-state index contributed by atoms with van der Waals surface area (Å²) >= 11 is 5.83. The first kappa shape index (κ1) is 26.2. The Hall–Kier alpha value is -3.86. The van der Waals surface area contributed by atoms with Crippen molar-refractivity contribution in [2.45, 2.75) is 16.7 Å². The second kappa shape index (κ2) is 10.6. The molecule has 0 aliphatic heterocycles. The Morgan fingerprint density at radius 3 is 1.89 bits per heavy atom. The van der Waals surface area contributed by atoms with E-state index in [4.69, 9.17) is 11.6 Å². The van der Waals surface area contributed by atoms with Crippen LogP contribution in [0.4, 0.5) is 17.1 Å². The van der Waals surface area contributed by atoms with Crippen LogP contribution in [-0.4, -0.2) is 22.7 Å². The van der Waals surface area contributed by atoms with E-state index >= 15 is 0 Å². The van der Waals surface area contributed by atoms with E-state index in [9.17, 15) is 21.6 Å². The van der Waals surface area contributed by atoms with Crippen molar-refractivity contribution in [3.8, 4) is 0 Å². The van der Waals surface area contributed by atoms with Gasteiger partial charge >= 0.3 is 0 Å². The molecule has 8 nitrogen and oxygen atoms in total. The number of amides is 1. The highest BCUT2D eigenvalue weighted by molar-refractivity contribution is 7.93. The van der Waals surface area contributed by atoms with Crippen LogP contribution in [0, 0.1) is 6.92 Å². The molecule has 0 saturated heterocycles. The first-order valence-corrected chi connectivity index (χ1v) is 14.3. The summed E-state index contributed by atoms with van der Waals surface area (Å²) in [7, 11) is -7.68. The van der Waals surface area contributed by atoms with Gasteiger partial charge in [-0.15, -0.1) is 0 Å². The average Bonchev–Trinajstić information content (AvgIpc) is 2.87. The molecule has 0 saturated carbocycles. The Morgan fingerprint density at radius 2 is 1.24 bits per heavy atom. The van der Waals surface area contributed by atoms with Gasteiger partial charge in [0, 0.05) is 22.0 Å². The van der Waals surface area contributed by atoms with E-state index in [-0.39, 0.29) is 21.0 Å². The number of aryl methyl sites for hydroxylation is 1. The van der Waals surface area contributed by atoms with Gasteiger partial charge in [0.1, 0.15) is 0 Å². The molecule has 3 N–H and O–H groups in total. The number of anilines is 3. The van der Waals surface area contributed by atoms with Crippen molar-refractivity contribution in [2.75, 3.05) is 14.8 Å². The Balaban J connectivity index is 1.47. The number of hydrogen-bond acceptors (Lipinski definition) is 5. The number of halogens is 1. The van der Waals surface area contributed by atoms with Crippen molar-refractivity contribution in [1.29, 1.82) is 0 Å². The third kappa shape index (κ3) is 6.48. The molecule has 190 valence electrons. The molecule has 0 fully saturated rings. The zero-order valence-corrected chi connectivity index (χ0v) is 21.9. The Bertz CT molecular complexity index is 1640. The minimum absolute atomic E-state index is 0.00777. The van der Waals surface area contributed by atoms with Gasteiger partial charge in [-0.2, -0.15) is 0 Å². The van der Waals surface area contributed by atoms with Gasteiger partial charge in [-0.1, -0.05) is 35.9 Å². The van der Waals surface area contributed by atoms with E-state index in [0.717, 1.165) is 0 Å². The van der Waals surface area contributed by atoms with Crippen molar-refractivity contribution in [3.63, 3.8) is 0 Å². The molecular formula is C26H22ClN3O5S2. The highest BCUT2D eigenvalue weighted by atomic mass is 35.5. The first-order valence-electron chi connectivity index (χ1n) is 10.9. The molecule has 4 aromatic rings. The predicted molar refractivity (Wildman–Crippen MR) is 145 cm³/mol. The average molecular weight is 556 g/mol. The highest BCUT2D eigenvalue weighted by Gasteiger charge is 2.17. The van der Waals surface area contributed by atoms with Gasteiger partial charge in [0.15, 0.2) is 0 Å². The molecule has 0 aromatic heterocycles. The summed E-state index contributed by atoms with van der Waals surface area (Å²) in [6.07, 6.45) is 0. The lowest BCUT2D eigenvalue weighted by Crippen LogP contribution is -2.16. The van der Waals surface area contributed by atoms with Crippen LogP contribution in [0.25, 0.3) is 0 Å². The molecule has 0 atom stereocenters. The molecule has 4 rings (SSSR count). The van der Waals surface area contributed by atoms with E-state index in [1.54, 1.807) is 61.5 Å². The van der Waals surface area contributed by atoms with Crippen LogP contribution in [0.5, 0.6) is 0 Å². The molecule has 0 bridgehead atoms. The minimum atomic E-state index is -3.85. The molecule has 0 spiro atoms. The maximum absolute atomic E-state index is 12.8. The fourth-order valence-corrected chi connectivity index (χ4v) is 5.66. The fraction of sp³-hybridized carbons (Fsp3) is 0.0385. The Kier molecular flexibility index (Phi) is 7.53. The Labute approximate surface area is 220 Å². The number of carbonyl (C=O) groups is 1. The van der Waals surface area contributed by atoms with Gasteiger partial charge in [-0.25, -0.2) is 16.8 Å². The molecule has 0 aliphatic rings.